The summed E-state index contributed by atoms with van der Waals surface area (Å²) in [6, 6.07) is 5.38. The second-order valence-corrected chi connectivity index (χ2v) is 5.71. The monoisotopic (exact) mass is 265 g/mol. The van der Waals surface area contributed by atoms with Crippen LogP contribution in [0.15, 0.2) is 18.2 Å². The standard InChI is InChI=1S/C14H16ClNO2/c1-16-7-5-14(6-8-16)9-12(17)10-3-2-4-11(15)13(10)18-14/h2-4H,5-9H2,1H3. The fourth-order valence-corrected chi connectivity index (χ4v) is 2.99. The van der Waals surface area contributed by atoms with Crippen LogP contribution in [0.4, 0.5) is 0 Å². The molecule has 1 spiro atoms. The molecule has 96 valence electrons. The van der Waals surface area contributed by atoms with Gasteiger partial charge >= 0.3 is 0 Å². The lowest BCUT2D eigenvalue weighted by Gasteiger charge is -2.43. The van der Waals surface area contributed by atoms with Crippen LogP contribution in [0.2, 0.25) is 5.02 Å². The van der Waals surface area contributed by atoms with Crippen molar-refractivity contribution in [3.05, 3.63) is 28.8 Å². The maximum atomic E-state index is 12.2. The largest absolute Gasteiger partial charge is 0.484 e. The molecule has 0 N–H and O–H groups in total. The van der Waals surface area contributed by atoms with Crippen molar-refractivity contribution in [1.82, 2.24) is 4.90 Å². The number of para-hydroxylation sites is 1. The third kappa shape index (κ3) is 1.91. The van der Waals surface area contributed by atoms with Crippen molar-refractivity contribution >= 4 is 17.4 Å². The first kappa shape index (κ1) is 12.0. The van der Waals surface area contributed by atoms with E-state index in [1.54, 1.807) is 18.2 Å². The molecule has 0 aromatic heterocycles. The molecule has 2 aliphatic rings. The maximum Gasteiger partial charge on any atom is 0.170 e. The van der Waals surface area contributed by atoms with Gasteiger partial charge in [-0.25, -0.2) is 0 Å². The van der Waals surface area contributed by atoms with Gasteiger partial charge in [-0.2, -0.15) is 0 Å². The number of carbonyl (C=O) groups excluding carboxylic acids is 1. The van der Waals surface area contributed by atoms with Gasteiger partial charge in [0.2, 0.25) is 0 Å². The summed E-state index contributed by atoms with van der Waals surface area (Å²) >= 11 is 6.15. The Labute approximate surface area is 112 Å². The highest BCUT2D eigenvalue weighted by atomic mass is 35.5. The first-order chi connectivity index (χ1) is 8.60. The summed E-state index contributed by atoms with van der Waals surface area (Å²) in [5, 5.41) is 0.541. The van der Waals surface area contributed by atoms with Crippen LogP contribution < -0.4 is 4.74 Å². The zero-order chi connectivity index (χ0) is 12.8. The van der Waals surface area contributed by atoms with E-state index >= 15 is 0 Å². The number of hydrogen-bond donors (Lipinski definition) is 0. The molecule has 1 fully saturated rings. The second kappa shape index (κ2) is 4.25. The third-order valence-corrected chi connectivity index (χ3v) is 4.26. The van der Waals surface area contributed by atoms with E-state index in [2.05, 4.69) is 11.9 Å². The van der Waals surface area contributed by atoms with Crippen molar-refractivity contribution < 1.29 is 9.53 Å². The number of rotatable bonds is 0. The molecular weight excluding hydrogens is 250 g/mol. The lowest BCUT2D eigenvalue weighted by Crippen LogP contribution is -2.50. The van der Waals surface area contributed by atoms with Crippen molar-refractivity contribution in [2.45, 2.75) is 24.9 Å². The van der Waals surface area contributed by atoms with E-state index in [9.17, 15) is 4.79 Å². The van der Waals surface area contributed by atoms with E-state index in [0.29, 0.717) is 22.8 Å². The van der Waals surface area contributed by atoms with Crippen LogP contribution >= 0.6 is 11.6 Å². The Balaban J connectivity index is 1.96. The second-order valence-electron chi connectivity index (χ2n) is 5.30. The van der Waals surface area contributed by atoms with Gasteiger partial charge in [-0.05, 0) is 19.2 Å². The third-order valence-electron chi connectivity index (χ3n) is 3.97. The first-order valence-corrected chi connectivity index (χ1v) is 6.67. The molecule has 2 heterocycles. The molecule has 0 bridgehead atoms. The molecule has 0 unspecified atom stereocenters. The Morgan fingerprint density at radius 1 is 1.33 bits per heavy atom. The number of piperidine rings is 1. The Morgan fingerprint density at radius 2 is 2.06 bits per heavy atom. The van der Waals surface area contributed by atoms with Crippen LogP contribution in [0.5, 0.6) is 5.75 Å². The van der Waals surface area contributed by atoms with Crippen LogP contribution in [-0.2, 0) is 0 Å². The van der Waals surface area contributed by atoms with E-state index in [-0.39, 0.29) is 11.4 Å². The van der Waals surface area contributed by atoms with Crippen LogP contribution in [0.25, 0.3) is 0 Å². The van der Waals surface area contributed by atoms with Crippen molar-refractivity contribution in [2.24, 2.45) is 0 Å². The summed E-state index contributed by atoms with van der Waals surface area (Å²) in [5.41, 5.74) is 0.300. The number of halogens is 1. The molecule has 3 nitrogen and oxygen atoms in total. The minimum Gasteiger partial charge on any atom is -0.484 e. The van der Waals surface area contributed by atoms with Gasteiger partial charge in [-0.3, -0.25) is 4.79 Å². The van der Waals surface area contributed by atoms with E-state index in [4.69, 9.17) is 16.3 Å². The van der Waals surface area contributed by atoms with Gasteiger partial charge < -0.3 is 9.64 Å². The van der Waals surface area contributed by atoms with Crippen molar-refractivity contribution in [3.63, 3.8) is 0 Å². The predicted molar refractivity (Wildman–Crippen MR) is 70.5 cm³/mol. The lowest BCUT2D eigenvalue weighted by atomic mass is 9.82. The molecular formula is C14H16ClNO2. The van der Waals surface area contributed by atoms with Gasteiger partial charge in [-0.15, -0.1) is 0 Å². The molecule has 1 aromatic rings. The Bertz CT molecular complexity index is 493. The lowest BCUT2D eigenvalue weighted by molar-refractivity contribution is -0.00360. The average molecular weight is 266 g/mol. The fourth-order valence-electron chi connectivity index (χ4n) is 2.78. The molecule has 0 atom stereocenters. The minimum atomic E-state index is -0.332. The van der Waals surface area contributed by atoms with Crippen LogP contribution in [-0.4, -0.2) is 36.4 Å². The van der Waals surface area contributed by atoms with Crippen LogP contribution in [0, 0.1) is 0 Å². The topological polar surface area (TPSA) is 29.5 Å². The normalized spacial score (nSPS) is 22.7. The van der Waals surface area contributed by atoms with E-state index < -0.39 is 0 Å². The summed E-state index contributed by atoms with van der Waals surface area (Å²) in [5.74, 6) is 0.739. The summed E-state index contributed by atoms with van der Waals surface area (Å²) in [7, 11) is 2.10. The first-order valence-electron chi connectivity index (χ1n) is 6.29. The molecule has 0 amide bonds. The van der Waals surface area contributed by atoms with Gasteiger partial charge in [0.1, 0.15) is 11.4 Å². The van der Waals surface area contributed by atoms with E-state index in [0.717, 1.165) is 25.9 Å². The minimum absolute atomic E-state index is 0.156. The van der Waals surface area contributed by atoms with Crippen molar-refractivity contribution in [2.75, 3.05) is 20.1 Å². The number of Topliss-reactive ketones (excluding diaryl/α,β-unsaturated/α-hetero) is 1. The number of hydrogen-bond acceptors (Lipinski definition) is 3. The highest BCUT2D eigenvalue weighted by Crippen LogP contribution is 2.42. The predicted octanol–water partition coefficient (Wildman–Crippen LogP) is 2.77. The quantitative estimate of drug-likeness (QED) is 0.722. The highest BCUT2D eigenvalue weighted by molar-refractivity contribution is 6.32. The number of fused-ring (bicyclic) bond motifs is 1. The summed E-state index contributed by atoms with van der Waals surface area (Å²) < 4.78 is 6.13. The summed E-state index contributed by atoms with van der Waals surface area (Å²) in [6.07, 6.45) is 2.26. The van der Waals surface area contributed by atoms with E-state index in [1.165, 1.54) is 0 Å². The van der Waals surface area contributed by atoms with Gasteiger partial charge in [0.25, 0.3) is 0 Å². The maximum absolute atomic E-state index is 12.2. The SMILES string of the molecule is CN1CCC2(CC1)CC(=O)c1cccc(Cl)c1O2. The Morgan fingerprint density at radius 3 is 2.78 bits per heavy atom. The Hall–Kier alpha value is -1.06. The van der Waals surface area contributed by atoms with E-state index in [1.807, 2.05) is 0 Å². The Kier molecular flexibility index (Phi) is 2.83. The summed E-state index contributed by atoms with van der Waals surface area (Å²) in [4.78, 5) is 14.5. The average Bonchev–Trinajstić information content (AvgIpc) is 2.35. The molecule has 0 radical (unpaired) electrons. The number of likely N-dealkylation sites (tertiary alicyclic amines) is 1. The molecule has 4 heteroatoms. The molecule has 1 saturated heterocycles. The number of benzene rings is 1. The molecule has 2 aliphatic heterocycles. The van der Waals surface area contributed by atoms with Crippen LogP contribution in [0.1, 0.15) is 29.6 Å². The zero-order valence-electron chi connectivity index (χ0n) is 10.4. The van der Waals surface area contributed by atoms with Gasteiger partial charge in [0, 0.05) is 25.9 Å². The number of ketones is 1. The van der Waals surface area contributed by atoms with Crippen molar-refractivity contribution in [3.8, 4) is 5.75 Å². The zero-order valence-corrected chi connectivity index (χ0v) is 11.2. The number of ether oxygens (including phenoxy) is 1. The van der Waals surface area contributed by atoms with Gasteiger partial charge in [0.05, 0.1) is 17.0 Å². The molecule has 1 aromatic carbocycles. The molecule has 0 aliphatic carbocycles. The number of carbonyl (C=O) groups is 1. The smallest absolute Gasteiger partial charge is 0.170 e. The summed E-state index contributed by atoms with van der Waals surface area (Å²) in [6.45, 7) is 1.93. The molecule has 18 heavy (non-hydrogen) atoms. The van der Waals surface area contributed by atoms with Crippen LogP contribution in [0.3, 0.4) is 0 Å². The van der Waals surface area contributed by atoms with Gasteiger partial charge in [-0.1, -0.05) is 17.7 Å². The fraction of sp³-hybridized carbons (Fsp3) is 0.500. The highest BCUT2D eigenvalue weighted by Gasteiger charge is 2.42. The molecule has 3 rings (SSSR count). The number of nitrogens with zero attached hydrogens (tertiary/aromatic N) is 1. The van der Waals surface area contributed by atoms with Gasteiger partial charge in [0.15, 0.2) is 5.78 Å². The van der Waals surface area contributed by atoms with Crippen molar-refractivity contribution in [1.29, 1.82) is 0 Å². The molecule has 0 saturated carbocycles.